The lowest BCUT2D eigenvalue weighted by molar-refractivity contribution is -0.385. The topological polar surface area (TPSA) is 82.1 Å². The van der Waals surface area contributed by atoms with Crippen molar-refractivity contribution in [3.05, 3.63) is 70.5 Å². The van der Waals surface area contributed by atoms with Crippen LogP contribution in [-0.4, -0.2) is 36.1 Å². The van der Waals surface area contributed by atoms with Crippen LogP contribution in [0.25, 0.3) is 10.9 Å². The number of fused-ring (bicyclic) bond motifs is 1. The molecule has 0 fully saturated rings. The van der Waals surface area contributed by atoms with E-state index in [0.717, 1.165) is 22.2 Å². The van der Waals surface area contributed by atoms with Gasteiger partial charge < -0.3 is 18.9 Å². The lowest BCUT2D eigenvalue weighted by Gasteiger charge is -2.24. The summed E-state index contributed by atoms with van der Waals surface area (Å²) in [5.41, 5.74) is 3.47. The van der Waals surface area contributed by atoms with Crippen LogP contribution in [0.4, 0.5) is 11.4 Å². The molecule has 2 aromatic carbocycles. The molecule has 2 heterocycles. The Labute approximate surface area is 167 Å². The normalized spacial score (nSPS) is 13.5. The van der Waals surface area contributed by atoms with E-state index < -0.39 is 4.92 Å². The highest BCUT2D eigenvalue weighted by molar-refractivity contribution is 6.17. The van der Waals surface area contributed by atoms with E-state index in [1.165, 1.54) is 26.4 Å². The fourth-order valence-corrected chi connectivity index (χ4v) is 3.52. The highest BCUT2D eigenvalue weighted by atomic mass is 16.6. The number of rotatable bonds is 5. The molecule has 148 valence electrons. The van der Waals surface area contributed by atoms with E-state index >= 15 is 0 Å². The third-order valence-corrected chi connectivity index (χ3v) is 4.97. The van der Waals surface area contributed by atoms with Crippen molar-refractivity contribution in [3.8, 4) is 11.5 Å². The molecular weight excluding hydrogens is 372 g/mol. The highest BCUT2D eigenvalue weighted by Gasteiger charge is 2.23. The van der Waals surface area contributed by atoms with Gasteiger partial charge >= 0.3 is 5.69 Å². The minimum absolute atomic E-state index is 0.125. The van der Waals surface area contributed by atoms with Crippen LogP contribution < -0.4 is 14.4 Å². The van der Waals surface area contributed by atoms with E-state index in [1.54, 1.807) is 4.90 Å². The van der Waals surface area contributed by atoms with E-state index in [9.17, 15) is 10.1 Å². The van der Waals surface area contributed by atoms with Gasteiger partial charge in [0.15, 0.2) is 0 Å². The SMILES string of the molecule is COc1cc(OC)c([N+](=O)[O-])cc1N1C=CC(c2cn(C)c3ccccc23)=NC1. The van der Waals surface area contributed by atoms with Crippen LogP contribution in [0.2, 0.25) is 0 Å². The first kappa shape index (κ1) is 18.5. The number of nitrogens with zero attached hydrogens (tertiary/aromatic N) is 4. The maximum absolute atomic E-state index is 11.4. The highest BCUT2D eigenvalue weighted by Crippen LogP contribution is 2.40. The van der Waals surface area contributed by atoms with E-state index in [-0.39, 0.29) is 11.4 Å². The van der Waals surface area contributed by atoms with Gasteiger partial charge in [0.2, 0.25) is 5.75 Å². The quantitative estimate of drug-likeness (QED) is 0.486. The van der Waals surface area contributed by atoms with E-state index in [1.807, 2.05) is 31.5 Å². The number of para-hydroxylation sites is 1. The fraction of sp³-hybridized carbons (Fsp3) is 0.190. The monoisotopic (exact) mass is 392 g/mol. The van der Waals surface area contributed by atoms with Gasteiger partial charge in [-0.3, -0.25) is 15.1 Å². The Bertz CT molecular complexity index is 1160. The van der Waals surface area contributed by atoms with Crippen LogP contribution >= 0.6 is 0 Å². The molecule has 0 amide bonds. The minimum Gasteiger partial charge on any atom is -0.494 e. The third kappa shape index (κ3) is 3.18. The molecule has 0 atom stereocenters. The predicted octanol–water partition coefficient (Wildman–Crippen LogP) is 3.88. The summed E-state index contributed by atoms with van der Waals surface area (Å²) < 4.78 is 12.6. The number of methoxy groups -OCH3 is 2. The molecule has 1 aliphatic heterocycles. The van der Waals surface area contributed by atoms with Gasteiger partial charge in [-0.2, -0.15) is 0 Å². The van der Waals surface area contributed by atoms with Gasteiger partial charge in [0, 0.05) is 48.0 Å². The molecule has 0 unspecified atom stereocenters. The van der Waals surface area contributed by atoms with Gasteiger partial charge in [0.1, 0.15) is 12.4 Å². The van der Waals surface area contributed by atoms with E-state index in [0.29, 0.717) is 18.1 Å². The van der Waals surface area contributed by atoms with Gasteiger partial charge in [-0.05, 0) is 12.1 Å². The molecule has 1 aromatic heterocycles. The molecule has 1 aliphatic rings. The lowest BCUT2D eigenvalue weighted by atomic mass is 10.1. The molecule has 0 spiro atoms. The standard InChI is InChI=1S/C21H20N4O4/c1-23-12-15(14-6-4-5-7-17(14)23)16-8-9-24(13-22-16)18-10-19(25(26)27)21(29-3)11-20(18)28-2/h4-12H,13H2,1-3H3. The fourth-order valence-electron chi connectivity index (χ4n) is 3.52. The average Bonchev–Trinajstić information content (AvgIpc) is 3.09. The molecule has 0 N–H and O–H groups in total. The third-order valence-electron chi connectivity index (χ3n) is 4.97. The van der Waals surface area contributed by atoms with Gasteiger partial charge in [-0.25, -0.2) is 0 Å². The molecule has 0 saturated carbocycles. The zero-order valence-electron chi connectivity index (χ0n) is 16.3. The summed E-state index contributed by atoms with van der Waals surface area (Å²) in [6, 6.07) is 11.1. The molecule has 3 aromatic rings. The molecule has 29 heavy (non-hydrogen) atoms. The van der Waals surface area contributed by atoms with Crippen molar-refractivity contribution in [2.45, 2.75) is 0 Å². The zero-order chi connectivity index (χ0) is 20.5. The van der Waals surface area contributed by atoms with Crippen LogP contribution in [0.1, 0.15) is 5.56 Å². The summed E-state index contributed by atoms with van der Waals surface area (Å²) in [6.45, 7) is 0.314. The van der Waals surface area contributed by atoms with Gasteiger partial charge in [0.05, 0.1) is 30.5 Å². The minimum atomic E-state index is -0.472. The number of nitro benzene ring substituents is 1. The first-order chi connectivity index (χ1) is 14.0. The number of hydrogen-bond donors (Lipinski definition) is 0. The predicted molar refractivity (Wildman–Crippen MR) is 112 cm³/mol. The molecule has 0 saturated heterocycles. The Morgan fingerprint density at radius 3 is 2.55 bits per heavy atom. The second-order valence-electron chi connectivity index (χ2n) is 6.59. The number of aryl methyl sites for hydroxylation is 1. The Morgan fingerprint density at radius 1 is 1.14 bits per heavy atom. The van der Waals surface area contributed by atoms with E-state index in [4.69, 9.17) is 14.5 Å². The number of aromatic nitrogens is 1. The Morgan fingerprint density at radius 2 is 1.90 bits per heavy atom. The number of allylic oxidation sites excluding steroid dienone is 1. The van der Waals surface area contributed by atoms with Crippen molar-refractivity contribution in [3.63, 3.8) is 0 Å². The maximum Gasteiger partial charge on any atom is 0.313 e. The number of ether oxygens (including phenoxy) is 2. The van der Waals surface area contributed by atoms with Crippen LogP contribution in [-0.2, 0) is 7.05 Å². The first-order valence-corrected chi connectivity index (χ1v) is 8.97. The first-order valence-electron chi connectivity index (χ1n) is 8.97. The largest absolute Gasteiger partial charge is 0.494 e. The Kier molecular flexibility index (Phi) is 4.67. The summed E-state index contributed by atoms with van der Waals surface area (Å²) in [5.74, 6) is 0.623. The summed E-state index contributed by atoms with van der Waals surface area (Å²) in [5, 5.41) is 12.5. The van der Waals surface area contributed by atoms with Crippen LogP contribution in [0.3, 0.4) is 0 Å². The smallest absolute Gasteiger partial charge is 0.313 e. The summed E-state index contributed by atoms with van der Waals surface area (Å²) in [4.78, 5) is 17.4. The van der Waals surface area contributed by atoms with E-state index in [2.05, 4.69) is 22.9 Å². The molecule has 0 bridgehead atoms. The summed E-state index contributed by atoms with van der Waals surface area (Å²) in [7, 11) is 4.91. The zero-order valence-corrected chi connectivity index (χ0v) is 16.3. The van der Waals surface area contributed by atoms with Crippen LogP contribution in [0, 0.1) is 10.1 Å². The van der Waals surface area contributed by atoms with Gasteiger partial charge in [0.25, 0.3) is 0 Å². The van der Waals surface area contributed by atoms with Gasteiger partial charge in [-0.15, -0.1) is 0 Å². The molecular formula is C21H20N4O4. The number of nitro groups is 1. The second-order valence-corrected chi connectivity index (χ2v) is 6.59. The molecule has 0 aliphatic carbocycles. The van der Waals surface area contributed by atoms with Crippen molar-refractivity contribution < 1.29 is 14.4 Å². The molecule has 8 heteroatoms. The molecule has 8 nitrogen and oxygen atoms in total. The number of aliphatic imine (C=N–C) groups is 1. The Hall–Kier alpha value is -3.81. The number of hydrogen-bond acceptors (Lipinski definition) is 6. The molecule has 0 radical (unpaired) electrons. The average molecular weight is 392 g/mol. The maximum atomic E-state index is 11.4. The van der Waals surface area contributed by atoms with Crippen molar-refractivity contribution in [1.82, 2.24) is 4.57 Å². The van der Waals surface area contributed by atoms with Crippen LogP contribution in [0.15, 0.2) is 59.9 Å². The second kappa shape index (κ2) is 7.31. The number of benzene rings is 2. The summed E-state index contributed by atoms with van der Waals surface area (Å²) >= 11 is 0. The van der Waals surface area contributed by atoms with Crippen molar-refractivity contribution in [2.75, 3.05) is 25.8 Å². The lowest BCUT2D eigenvalue weighted by Crippen LogP contribution is -2.22. The Balaban J connectivity index is 1.69. The van der Waals surface area contributed by atoms with Crippen LogP contribution in [0.5, 0.6) is 11.5 Å². The van der Waals surface area contributed by atoms with Gasteiger partial charge in [-0.1, -0.05) is 18.2 Å². The molecule has 4 rings (SSSR count). The summed E-state index contributed by atoms with van der Waals surface area (Å²) in [6.07, 6.45) is 5.82. The van der Waals surface area contributed by atoms with Crippen molar-refractivity contribution in [2.24, 2.45) is 12.0 Å². The van der Waals surface area contributed by atoms with Crippen molar-refractivity contribution >= 4 is 28.0 Å². The van der Waals surface area contributed by atoms with Crippen molar-refractivity contribution in [1.29, 1.82) is 0 Å². The number of anilines is 1.